The third kappa shape index (κ3) is 4.93. The van der Waals surface area contributed by atoms with E-state index < -0.39 is 6.04 Å². The Morgan fingerprint density at radius 1 is 1.04 bits per heavy atom. The Labute approximate surface area is 169 Å². The Morgan fingerprint density at radius 3 is 2.14 bits per heavy atom. The molecule has 0 aliphatic carbocycles. The molecular weight excluding hydrogens is 346 g/mol. The highest BCUT2D eigenvalue weighted by Crippen LogP contribution is 2.26. The van der Waals surface area contributed by atoms with Gasteiger partial charge in [0.25, 0.3) is 0 Å². The molecule has 2 aromatic carbocycles. The number of nitrogens with zero attached hydrogens (tertiary/aromatic N) is 1. The molecule has 1 fully saturated rings. The van der Waals surface area contributed by atoms with Crippen molar-refractivity contribution in [3.8, 4) is 0 Å². The van der Waals surface area contributed by atoms with Crippen LogP contribution in [0, 0.1) is 6.92 Å². The van der Waals surface area contributed by atoms with Crippen molar-refractivity contribution >= 4 is 11.6 Å². The summed E-state index contributed by atoms with van der Waals surface area (Å²) in [5.41, 5.74) is 11.0. The van der Waals surface area contributed by atoms with Crippen LogP contribution in [-0.4, -0.2) is 25.0 Å². The molecular formula is C24H33N3O. The number of anilines is 1. The average Bonchev–Trinajstić information content (AvgIpc) is 2.68. The van der Waals surface area contributed by atoms with Gasteiger partial charge in [-0.15, -0.1) is 0 Å². The summed E-state index contributed by atoms with van der Waals surface area (Å²) >= 11 is 0. The lowest BCUT2D eigenvalue weighted by Crippen LogP contribution is -2.47. The summed E-state index contributed by atoms with van der Waals surface area (Å²) in [5.74, 6) is -0.0863. The second-order valence-electron chi connectivity index (χ2n) is 8.96. The fourth-order valence-electron chi connectivity index (χ4n) is 3.67. The van der Waals surface area contributed by atoms with Crippen molar-refractivity contribution in [2.24, 2.45) is 5.73 Å². The molecule has 1 heterocycles. The number of nitrogens with one attached hydrogen (secondary N) is 1. The molecule has 1 unspecified atom stereocenters. The molecule has 1 amide bonds. The fraction of sp³-hybridized carbons (Fsp3) is 0.458. The van der Waals surface area contributed by atoms with E-state index >= 15 is 0 Å². The molecule has 3 rings (SSSR count). The molecule has 28 heavy (non-hydrogen) atoms. The topological polar surface area (TPSA) is 58.4 Å². The number of hydrogen-bond acceptors (Lipinski definition) is 3. The molecule has 0 aromatic heterocycles. The van der Waals surface area contributed by atoms with Crippen LogP contribution in [0.25, 0.3) is 0 Å². The summed E-state index contributed by atoms with van der Waals surface area (Å²) in [6.07, 6.45) is 1.88. The standard InChI is InChI=1S/C24H33N3O/c1-17-5-7-18(8-6-17)22(25)23(28)26-20-13-15-27(16-14-20)21-11-9-19(10-12-21)24(2,3)4/h5-12,20,22H,13-16,25H2,1-4H3,(H,26,28). The normalized spacial score (nSPS) is 16.7. The second-order valence-corrected chi connectivity index (χ2v) is 8.96. The Kier molecular flexibility index (Phi) is 6.09. The van der Waals surface area contributed by atoms with Gasteiger partial charge in [-0.05, 0) is 48.4 Å². The fourth-order valence-corrected chi connectivity index (χ4v) is 3.67. The predicted octanol–water partition coefficient (Wildman–Crippen LogP) is 4.08. The second kappa shape index (κ2) is 8.36. The molecule has 0 saturated carbocycles. The van der Waals surface area contributed by atoms with Gasteiger partial charge in [-0.2, -0.15) is 0 Å². The molecule has 1 aliphatic rings. The monoisotopic (exact) mass is 379 g/mol. The number of hydrogen-bond donors (Lipinski definition) is 2. The van der Waals surface area contributed by atoms with Gasteiger partial charge < -0.3 is 16.0 Å². The SMILES string of the molecule is Cc1ccc(C(N)C(=O)NC2CCN(c3ccc(C(C)(C)C)cc3)CC2)cc1. The number of piperidine rings is 1. The first-order chi connectivity index (χ1) is 13.2. The molecule has 3 N–H and O–H groups in total. The number of aryl methyl sites for hydroxylation is 1. The van der Waals surface area contributed by atoms with Gasteiger partial charge in [0.1, 0.15) is 6.04 Å². The zero-order valence-corrected chi connectivity index (χ0v) is 17.5. The van der Waals surface area contributed by atoms with Crippen LogP contribution in [0.1, 0.15) is 56.3 Å². The minimum absolute atomic E-state index is 0.0863. The molecule has 1 aliphatic heterocycles. The molecule has 0 bridgehead atoms. The Bertz CT molecular complexity index is 782. The Hall–Kier alpha value is -2.33. The minimum atomic E-state index is -0.608. The van der Waals surface area contributed by atoms with Crippen molar-refractivity contribution in [3.05, 3.63) is 65.2 Å². The molecule has 0 radical (unpaired) electrons. The zero-order valence-electron chi connectivity index (χ0n) is 17.5. The molecule has 4 nitrogen and oxygen atoms in total. The van der Waals surface area contributed by atoms with Crippen molar-refractivity contribution < 1.29 is 4.79 Å². The van der Waals surface area contributed by atoms with E-state index in [1.54, 1.807) is 0 Å². The van der Waals surface area contributed by atoms with E-state index in [2.05, 4.69) is 55.3 Å². The molecule has 0 spiro atoms. The number of carbonyl (C=O) groups excluding carboxylic acids is 1. The molecule has 1 atom stereocenters. The van der Waals surface area contributed by atoms with Gasteiger partial charge >= 0.3 is 0 Å². The van der Waals surface area contributed by atoms with Gasteiger partial charge in [-0.1, -0.05) is 62.7 Å². The van der Waals surface area contributed by atoms with E-state index in [1.807, 2.05) is 31.2 Å². The van der Waals surface area contributed by atoms with Crippen molar-refractivity contribution in [1.82, 2.24) is 5.32 Å². The van der Waals surface area contributed by atoms with E-state index in [0.29, 0.717) is 0 Å². The molecule has 150 valence electrons. The Balaban J connectivity index is 1.52. The van der Waals surface area contributed by atoms with Crippen molar-refractivity contribution in [2.45, 2.75) is 58.0 Å². The largest absolute Gasteiger partial charge is 0.371 e. The molecule has 4 heteroatoms. The van der Waals surface area contributed by atoms with Gasteiger partial charge in [0.2, 0.25) is 5.91 Å². The van der Waals surface area contributed by atoms with Crippen LogP contribution < -0.4 is 16.0 Å². The highest BCUT2D eigenvalue weighted by Gasteiger charge is 2.24. The first-order valence-corrected chi connectivity index (χ1v) is 10.2. The quantitative estimate of drug-likeness (QED) is 0.842. The number of amides is 1. The van der Waals surface area contributed by atoms with Gasteiger partial charge in [0.15, 0.2) is 0 Å². The lowest BCUT2D eigenvalue weighted by atomic mass is 9.87. The summed E-state index contributed by atoms with van der Waals surface area (Å²) < 4.78 is 0. The predicted molar refractivity (Wildman–Crippen MR) is 117 cm³/mol. The first-order valence-electron chi connectivity index (χ1n) is 10.2. The van der Waals surface area contributed by atoms with E-state index in [-0.39, 0.29) is 17.4 Å². The molecule has 2 aromatic rings. The maximum absolute atomic E-state index is 12.5. The number of benzene rings is 2. The number of nitrogens with two attached hydrogens (primary N) is 1. The maximum Gasteiger partial charge on any atom is 0.241 e. The van der Waals surface area contributed by atoms with E-state index in [1.165, 1.54) is 16.8 Å². The van der Waals surface area contributed by atoms with Crippen LogP contribution in [0.15, 0.2) is 48.5 Å². The van der Waals surface area contributed by atoms with E-state index in [0.717, 1.165) is 31.5 Å². The van der Waals surface area contributed by atoms with E-state index in [4.69, 9.17) is 5.73 Å². The summed E-state index contributed by atoms with van der Waals surface area (Å²) in [6.45, 7) is 10.6. The van der Waals surface area contributed by atoms with Crippen LogP contribution in [0.5, 0.6) is 0 Å². The summed E-state index contributed by atoms with van der Waals surface area (Å²) in [4.78, 5) is 14.9. The van der Waals surface area contributed by atoms with Crippen LogP contribution in [0.3, 0.4) is 0 Å². The van der Waals surface area contributed by atoms with Crippen LogP contribution in [0.4, 0.5) is 5.69 Å². The van der Waals surface area contributed by atoms with Crippen LogP contribution >= 0.6 is 0 Å². The van der Waals surface area contributed by atoms with E-state index in [9.17, 15) is 4.79 Å². The van der Waals surface area contributed by atoms with Gasteiger partial charge in [-0.25, -0.2) is 0 Å². The number of carbonyl (C=O) groups is 1. The summed E-state index contributed by atoms with van der Waals surface area (Å²) in [5, 5.41) is 3.14. The van der Waals surface area contributed by atoms with Crippen LogP contribution in [-0.2, 0) is 10.2 Å². The highest BCUT2D eigenvalue weighted by atomic mass is 16.2. The minimum Gasteiger partial charge on any atom is -0.371 e. The lowest BCUT2D eigenvalue weighted by Gasteiger charge is -2.34. The van der Waals surface area contributed by atoms with Gasteiger partial charge in [0.05, 0.1) is 0 Å². The van der Waals surface area contributed by atoms with Crippen molar-refractivity contribution in [1.29, 1.82) is 0 Å². The van der Waals surface area contributed by atoms with Crippen molar-refractivity contribution in [3.63, 3.8) is 0 Å². The lowest BCUT2D eigenvalue weighted by molar-refractivity contribution is -0.123. The number of rotatable bonds is 4. The Morgan fingerprint density at radius 2 is 1.61 bits per heavy atom. The summed E-state index contributed by atoms with van der Waals surface area (Å²) in [7, 11) is 0. The molecule has 1 saturated heterocycles. The average molecular weight is 380 g/mol. The van der Waals surface area contributed by atoms with Gasteiger partial charge in [0, 0.05) is 24.8 Å². The van der Waals surface area contributed by atoms with Crippen molar-refractivity contribution in [2.75, 3.05) is 18.0 Å². The first kappa shape index (κ1) is 20.4. The third-order valence-corrected chi connectivity index (χ3v) is 5.66. The third-order valence-electron chi connectivity index (χ3n) is 5.66. The smallest absolute Gasteiger partial charge is 0.241 e. The maximum atomic E-state index is 12.5. The zero-order chi connectivity index (χ0) is 20.3. The summed E-state index contributed by atoms with van der Waals surface area (Å²) in [6, 6.07) is 16.3. The van der Waals surface area contributed by atoms with Gasteiger partial charge in [-0.3, -0.25) is 4.79 Å². The van der Waals surface area contributed by atoms with Crippen LogP contribution in [0.2, 0.25) is 0 Å². The highest BCUT2D eigenvalue weighted by molar-refractivity contribution is 5.83.